The Bertz CT molecular complexity index is 427. The third-order valence-electron chi connectivity index (χ3n) is 3.98. The number of hydrogen-bond donors (Lipinski definition) is 1. The summed E-state index contributed by atoms with van der Waals surface area (Å²) in [6.07, 6.45) is 1.79. The van der Waals surface area contributed by atoms with Crippen LogP contribution in [0.3, 0.4) is 0 Å². The van der Waals surface area contributed by atoms with E-state index in [4.69, 9.17) is 4.74 Å². The third-order valence-corrected chi connectivity index (χ3v) is 3.98. The quantitative estimate of drug-likeness (QED) is 0.864. The van der Waals surface area contributed by atoms with Crippen LogP contribution in [0.5, 0.6) is 0 Å². The fourth-order valence-electron chi connectivity index (χ4n) is 2.85. The van der Waals surface area contributed by atoms with Crippen molar-refractivity contribution in [2.45, 2.75) is 24.9 Å². The Hall–Kier alpha value is -1.55. The zero-order valence-corrected chi connectivity index (χ0v) is 10.4. The lowest BCUT2D eigenvalue weighted by molar-refractivity contribution is 0.119. The molecule has 0 aromatic heterocycles. The van der Waals surface area contributed by atoms with Crippen LogP contribution < -0.4 is 5.32 Å². The van der Waals surface area contributed by atoms with Gasteiger partial charge in [0, 0.05) is 6.54 Å². The second-order valence-corrected chi connectivity index (χ2v) is 5.10. The Balaban J connectivity index is 1.81. The van der Waals surface area contributed by atoms with Gasteiger partial charge in [0.25, 0.3) is 0 Å². The smallest absolute Gasteiger partial charge is 0.410 e. The van der Waals surface area contributed by atoms with Crippen molar-refractivity contribution in [1.29, 1.82) is 0 Å². The Labute approximate surface area is 107 Å². The summed E-state index contributed by atoms with van der Waals surface area (Å²) in [6.45, 7) is 3.11. The minimum Gasteiger partial charge on any atom is -0.447 e. The molecule has 0 unspecified atom stereocenters. The predicted molar refractivity (Wildman–Crippen MR) is 68.2 cm³/mol. The van der Waals surface area contributed by atoms with E-state index in [0.717, 1.165) is 31.5 Å². The molecule has 1 spiro atoms. The van der Waals surface area contributed by atoms with E-state index in [9.17, 15) is 4.79 Å². The van der Waals surface area contributed by atoms with Gasteiger partial charge in [-0.15, -0.1) is 0 Å². The Morgan fingerprint density at radius 1 is 1.22 bits per heavy atom. The zero-order valence-electron chi connectivity index (χ0n) is 10.4. The molecule has 0 radical (unpaired) electrons. The molecule has 3 rings (SSSR count). The fraction of sp³-hybridized carbons (Fsp3) is 0.500. The normalized spacial score (nSPS) is 22.2. The number of carbonyl (C=O) groups is 1. The maximum absolute atomic E-state index is 11.9. The van der Waals surface area contributed by atoms with E-state index in [1.165, 1.54) is 0 Å². The third kappa shape index (κ3) is 1.97. The largest absolute Gasteiger partial charge is 0.447 e. The van der Waals surface area contributed by atoms with E-state index in [1.807, 2.05) is 23.1 Å². The average Bonchev–Trinajstić information content (AvgIpc) is 2.71. The van der Waals surface area contributed by atoms with Crippen LogP contribution in [-0.4, -0.2) is 36.2 Å². The molecule has 0 aliphatic carbocycles. The van der Waals surface area contributed by atoms with Gasteiger partial charge in [0.1, 0.15) is 6.61 Å². The van der Waals surface area contributed by atoms with Crippen LogP contribution in [-0.2, 0) is 11.3 Å². The van der Waals surface area contributed by atoms with Gasteiger partial charge in [-0.25, -0.2) is 4.79 Å². The van der Waals surface area contributed by atoms with Crippen LogP contribution >= 0.6 is 0 Å². The van der Waals surface area contributed by atoms with Gasteiger partial charge in [0.05, 0.1) is 5.54 Å². The van der Waals surface area contributed by atoms with Gasteiger partial charge in [0.15, 0.2) is 0 Å². The lowest BCUT2D eigenvalue weighted by Gasteiger charge is -2.38. The molecular formula is C14H18N2O2. The van der Waals surface area contributed by atoms with Crippen molar-refractivity contribution in [3.05, 3.63) is 35.9 Å². The van der Waals surface area contributed by atoms with Gasteiger partial charge in [0.2, 0.25) is 0 Å². The fourth-order valence-corrected chi connectivity index (χ4v) is 2.85. The number of benzene rings is 1. The molecule has 2 heterocycles. The summed E-state index contributed by atoms with van der Waals surface area (Å²) in [4.78, 5) is 13.9. The number of cyclic esters (lactones) is 1. The number of ether oxygens (including phenoxy) is 1. The number of rotatable bonds is 2. The van der Waals surface area contributed by atoms with Crippen molar-refractivity contribution in [2.75, 3.05) is 19.7 Å². The molecule has 2 fully saturated rings. The summed E-state index contributed by atoms with van der Waals surface area (Å²) in [7, 11) is 0. The number of nitrogens with one attached hydrogen (secondary N) is 1. The van der Waals surface area contributed by atoms with Gasteiger partial charge in [-0.05, 0) is 31.5 Å². The Kier molecular flexibility index (Phi) is 2.96. The molecule has 2 aliphatic heterocycles. The van der Waals surface area contributed by atoms with E-state index in [2.05, 4.69) is 17.4 Å². The van der Waals surface area contributed by atoms with Crippen LogP contribution in [0, 0.1) is 0 Å². The molecule has 96 valence electrons. The monoisotopic (exact) mass is 246 g/mol. The SMILES string of the molecule is O=C1OCC2(CCNCC2)N1Cc1ccccc1. The maximum atomic E-state index is 11.9. The molecule has 0 bridgehead atoms. The first kappa shape index (κ1) is 11.5. The summed E-state index contributed by atoms with van der Waals surface area (Å²) >= 11 is 0. The summed E-state index contributed by atoms with van der Waals surface area (Å²) in [6, 6.07) is 10.1. The molecule has 0 atom stereocenters. The van der Waals surface area contributed by atoms with Crippen molar-refractivity contribution >= 4 is 6.09 Å². The van der Waals surface area contributed by atoms with Gasteiger partial charge < -0.3 is 10.1 Å². The molecule has 1 amide bonds. The lowest BCUT2D eigenvalue weighted by Crippen LogP contribution is -2.53. The van der Waals surface area contributed by atoms with Gasteiger partial charge in [-0.2, -0.15) is 0 Å². The summed E-state index contributed by atoms with van der Waals surface area (Å²) < 4.78 is 5.29. The van der Waals surface area contributed by atoms with E-state index in [0.29, 0.717) is 13.2 Å². The maximum Gasteiger partial charge on any atom is 0.410 e. The molecule has 1 N–H and O–H groups in total. The average molecular weight is 246 g/mol. The molecule has 1 aromatic rings. The summed E-state index contributed by atoms with van der Waals surface area (Å²) in [5.74, 6) is 0. The second kappa shape index (κ2) is 4.61. The lowest BCUT2D eigenvalue weighted by atomic mass is 9.88. The molecule has 2 aliphatic rings. The summed E-state index contributed by atoms with van der Waals surface area (Å²) in [5, 5.41) is 3.34. The molecule has 2 saturated heterocycles. The van der Waals surface area contributed by atoms with Gasteiger partial charge in [-0.3, -0.25) is 4.90 Å². The van der Waals surface area contributed by atoms with Crippen LogP contribution in [0.15, 0.2) is 30.3 Å². The number of nitrogens with zero attached hydrogens (tertiary/aromatic N) is 1. The van der Waals surface area contributed by atoms with Crippen molar-refractivity contribution < 1.29 is 9.53 Å². The molecular weight excluding hydrogens is 228 g/mol. The first-order valence-electron chi connectivity index (χ1n) is 6.49. The van der Waals surface area contributed by atoms with Crippen molar-refractivity contribution in [3.63, 3.8) is 0 Å². The van der Waals surface area contributed by atoms with E-state index < -0.39 is 0 Å². The highest BCUT2D eigenvalue weighted by Gasteiger charge is 2.47. The Morgan fingerprint density at radius 2 is 1.94 bits per heavy atom. The van der Waals surface area contributed by atoms with Crippen LogP contribution in [0.4, 0.5) is 4.79 Å². The minimum absolute atomic E-state index is 0.0851. The van der Waals surface area contributed by atoms with Gasteiger partial charge >= 0.3 is 6.09 Å². The Morgan fingerprint density at radius 3 is 2.67 bits per heavy atom. The van der Waals surface area contributed by atoms with E-state index in [-0.39, 0.29) is 11.6 Å². The standard InChI is InChI=1S/C14H18N2O2/c17-13-16(10-12-4-2-1-3-5-12)14(11-18-13)6-8-15-9-7-14/h1-5,15H,6-11H2. The van der Waals surface area contributed by atoms with Crippen LogP contribution in [0.2, 0.25) is 0 Å². The predicted octanol–water partition coefficient (Wildman–Crippen LogP) is 1.76. The minimum atomic E-state index is -0.166. The van der Waals surface area contributed by atoms with Gasteiger partial charge in [-0.1, -0.05) is 30.3 Å². The molecule has 1 aromatic carbocycles. The zero-order chi connectivity index (χ0) is 12.4. The number of hydrogen-bond acceptors (Lipinski definition) is 3. The van der Waals surface area contributed by atoms with E-state index in [1.54, 1.807) is 0 Å². The molecule has 0 saturated carbocycles. The number of piperidine rings is 1. The van der Waals surface area contributed by atoms with Crippen LogP contribution in [0.25, 0.3) is 0 Å². The first-order valence-corrected chi connectivity index (χ1v) is 6.49. The van der Waals surface area contributed by atoms with Crippen molar-refractivity contribution in [3.8, 4) is 0 Å². The first-order chi connectivity index (χ1) is 8.80. The van der Waals surface area contributed by atoms with E-state index >= 15 is 0 Å². The summed E-state index contributed by atoms with van der Waals surface area (Å²) in [5.41, 5.74) is 1.08. The van der Waals surface area contributed by atoms with Crippen molar-refractivity contribution in [1.82, 2.24) is 10.2 Å². The number of carbonyl (C=O) groups excluding carboxylic acids is 1. The van der Waals surface area contributed by atoms with Crippen LogP contribution in [0.1, 0.15) is 18.4 Å². The second-order valence-electron chi connectivity index (χ2n) is 5.10. The number of amides is 1. The molecule has 4 nitrogen and oxygen atoms in total. The highest BCUT2D eigenvalue weighted by atomic mass is 16.6. The van der Waals surface area contributed by atoms with Crippen molar-refractivity contribution in [2.24, 2.45) is 0 Å². The topological polar surface area (TPSA) is 41.6 Å². The molecule has 4 heteroatoms. The highest BCUT2D eigenvalue weighted by molar-refractivity contribution is 5.71. The highest BCUT2D eigenvalue weighted by Crippen LogP contribution is 2.33. The molecule has 18 heavy (non-hydrogen) atoms.